The van der Waals surface area contributed by atoms with Crippen molar-refractivity contribution in [3.05, 3.63) is 35.4 Å². The van der Waals surface area contributed by atoms with E-state index in [9.17, 15) is 8.42 Å². The van der Waals surface area contributed by atoms with Crippen molar-refractivity contribution in [3.63, 3.8) is 0 Å². The molecular weight excluding hydrogens is 260 g/mol. The fourth-order valence-corrected chi connectivity index (χ4v) is 2.91. The SMILES string of the molecule is Cc1ccccc1C(C(C)N)N(C)CCS(C)(=O)=O. The van der Waals surface area contributed by atoms with Gasteiger partial charge in [0.15, 0.2) is 0 Å². The van der Waals surface area contributed by atoms with Gasteiger partial charge in [-0.25, -0.2) is 8.42 Å². The van der Waals surface area contributed by atoms with Gasteiger partial charge in [-0.2, -0.15) is 0 Å². The normalized spacial score (nSPS) is 15.5. The average Bonchev–Trinajstić information content (AvgIpc) is 2.28. The van der Waals surface area contributed by atoms with Crippen LogP contribution in [0.25, 0.3) is 0 Å². The predicted molar refractivity (Wildman–Crippen MR) is 79.9 cm³/mol. The second kappa shape index (κ2) is 6.50. The third kappa shape index (κ3) is 4.93. The van der Waals surface area contributed by atoms with Gasteiger partial charge in [0.1, 0.15) is 9.84 Å². The summed E-state index contributed by atoms with van der Waals surface area (Å²) >= 11 is 0. The van der Waals surface area contributed by atoms with Gasteiger partial charge in [0, 0.05) is 24.9 Å². The average molecular weight is 284 g/mol. The molecule has 0 amide bonds. The van der Waals surface area contributed by atoms with Crippen molar-refractivity contribution in [2.75, 3.05) is 25.6 Å². The van der Waals surface area contributed by atoms with Crippen LogP contribution in [-0.4, -0.2) is 45.0 Å². The lowest BCUT2D eigenvalue weighted by atomic mass is 9.95. The van der Waals surface area contributed by atoms with Gasteiger partial charge in [-0.15, -0.1) is 0 Å². The van der Waals surface area contributed by atoms with E-state index in [1.807, 2.05) is 31.0 Å². The molecule has 0 spiro atoms. The van der Waals surface area contributed by atoms with Crippen molar-refractivity contribution >= 4 is 9.84 Å². The van der Waals surface area contributed by atoms with Crippen LogP contribution in [0.2, 0.25) is 0 Å². The number of hydrogen-bond acceptors (Lipinski definition) is 4. The number of rotatable bonds is 6. The standard InChI is InChI=1S/C14H24N2O2S/c1-11-7-5-6-8-13(11)14(12(2)15)16(3)9-10-19(4,17)18/h5-8,12,14H,9-10,15H2,1-4H3. The molecule has 1 rings (SSSR count). The molecule has 0 aliphatic carbocycles. The molecule has 19 heavy (non-hydrogen) atoms. The van der Waals surface area contributed by atoms with Crippen molar-refractivity contribution in [1.29, 1.82) is 0 Å². The number of likely N-dealkylation sites (N-methyl/N-ethyl adjacent to an activating group) is 1. The summed E-state index contributed by atoms with van der Waals surface area (Å²) < 4.78 is 22.5. The maximum Gasteiger partial charge on any atom is 0.148 e. The highest BCUT2D eigenvalue weighted by atomic mass is 32.2. The van der Waals surface area contributed by atoms with Crippen LogP contribution < -0.4 is 5.73 Å². The molecule has 0 saturated heterocycles. The molecular formula is C14H24N2O2S. The van der Waals surface area contributed by atoms with Gasteiger partial charge in [-0.3, -0.25) is 4.90 Å². The first-order valence-corrected chi connectivity index (χ1v) is 8.47. The van der Waals surface area contributed by atoms with Gasteiger partial charge < -0.3 is 5.73 Å². The summed E-state index contributed by atoms with van der Waals surface area (Å²) in [6.07, 6.45) is 1.26. The molecule has 0 saturated carbocycles. The van der Waals surface area contributed by atoms with Crippen molar-refractivity contribution in [1.82, 2.24) is 4.90 Å². The molecule has 0 bridgehead atoms. The largest absolute Gasteiger partial charge is 0.326 e. The number of sulfone groups is 1. The highest BCUT2D eigenvalue weighted by Gasteiger charge is 2.23. The van der Waals surface area contributed by atoms with Crippen molar-refractivity contribution in [3.8, 4) is 0 Å². The first kappa shape index (κ1) is 16.1. The lowest BCUT2D eigenvalue weighted by Gasteiger charge is -2.32. The number of benzene rings is 1. The zero-order valence-corrected chi connectivity index (χ0v) is 12.9. The van der Waals surface area contributed by atoms with Gasteiger partial charge in [-0.05, 0) is 32.0 Å². The van der Waals surface area contributed by atoms with Crippen LogP contribution in [0.3, 0.4) is 0 Å². The maximum atomic E-state index is 11.3. The molecule has 0 radical (unpaired) electrons. The lowest BCUT2D eigenvalue weighted by molar-refractivity contribution is 0.230. The van der Waals surface area contributed by atoms with E-state index in [1.54, 1.807) is 0 Å². The smallest absolute Gasteiger partial charge is 0.148 e. The number of aryl methyl sites for hydroxylation is 1. The van der Waals surface area contributed by atoms with E-state index in [0.29, 0.717) is 6.54 Å². The van der Waals surface area contributed by atoms with Gasteiger partial charge in [0.25, 0.3) is 0 Å². The van der Waals surface area contributed by atoms with Gasteiger partial charge >= 0.3 is 0 Å². The maximum absolute atomic E-state index is 11.3. The van der Waals surface area contributed by atoms with Gasteiger partial charge in [0.05, 0.1) is 5.75 Å². The predicted octanol–water partition coefficient (Wildman–Crippen LogP) is 1.36. The van der Waals surface area contributed by atoms with Crippen LogP contribution >= 0.6 is 0 Å². The molecule has 1 aromatic rings. The fourth-order valence-electron chi connectivity index (χ4n) is 2.29. The topological polar surface area (TPSA) is 63.4 Å². The number of hydrogen-bond donors (Lipinski definition) is 1. The zero-order valence-electron chi connectivity index (χ0n) is 12.1. The number of nitrogens with zero attached hydrogens (tertiary/aromatic N) is 1. The van der Waals surface area contributed by atoms with E-state index in [2.05, 4.69) is 19.1 Å². The Morgan fingerprint density at radius 2 is 1.89 bits per heavy atom. The van der Waals surface area contributed by atoms with E-state index < -0.39 is 9.84 Å². The van der Waals surface area contributed by atoms with E-state index in [-0.39, 0.29) is 17.8 Å². The Hall–Kier alpha value is -0.910. The summed E-state index contributed by atoms with van der Waals surface area (Å²) in [4.78, 5) is 2.02. The molecule has 0 fully saturated rings. The highest BCUT2D eigenvalue weighted by Crippen LogP contribution is 2.25. The molecule has 0 aliphatic rings. The minimum Gasteiger partial charge on any atom is -0.326 e. The minimum absolute atomic E-state index is 0.0305. The third-order valence-corrected chi connectivity index (χ3v) is 4.22. The van der Waals surface area contributed by atoms with E-state index >= 15 is 0 Å². The van der Waals surface area contributed by atoms with Crippen LogP contribution in [0.4, 0.5) is 0 Å². The Labute approximate surface area is 116 Å². The van der Waals surface area contributed by atoms with Crippen molar-refractivity contribution < 1.29 is 8.42 Å². The second-order valence-corrected chi connectivity index (χ2v) is 7.53. The molecule has 1 aromatic carbocycles. The summed E-state index contributed by atoms with van der Waals surface area (Å²) in [5.74, 6) is 0.151. The van der Waals surface area contributed by atoms with Crippen LogP contribution in [0.1, 0.15) is 24.1 Å². The molecule has 0 heterocycles. The van der Waals surface area contributed by atoms with Gasteiger partial charge in [0.2, 0.25) is 0 Å². The molecule has 4 nitrogen and oxygen atoms in total. The summed E-state index contributed by atoms with van der Waals surface area (Å²) in [7, 11) is -1.03. The molecule has 2 atom stereocenters. The Bertz CT molecular complexity index is 512. The Morgan fingerprint density at radius 1 is 1.32 bits per heavy atom. The number of nitrogens with two attached hydrogens (primary N) is 1. The monoisotopic (exact) mass is 284 g/mol. The van der Waals surface area contributed by atoms with Crippen LogP contribution in [0.5, 0.6) is 0 Å². The molecule has 5 heteroatoms. The zero-order chi connectivity index (χ0) is 14.6. The minimum atomic E-state index is -2.95. The Kier molecular flexibility index (Phi) is 5.52. The van der Waals surface area contributed by atoms with Crippen molar-refractivity contribution in [2.24, 2.45) is 5.73 Å². The quantitative estimate of drug-likeness (QED) is 0.857. The first-order chi connectivity index (χ1) is 8.72. The lowest BCUT2D eigenvalue weighted by Crippen LogP contribution is -2.39. The van der Waals surface area contributed by atoms with Crippen molar-refractivity contribution in [2.45, 2.75) is 25.9 Å². The second-order valence-electron chi connectivity index (χ2n) is 5.27. The first-order valence-electron chi connectivity index (χ1n) is 6.41. The van der Waals surface area contributed by atoms with Crippen LogP contribution in [0.15, 0.2) is 24.3 Å². The fraction of sp³-hybridized carbons (Fsp3) is 0.571. The summed E-state index contributed by atoms with van der Waals surface area (Å²) in [6, 6.07) is 8.05. The molecule has 2 unspecified atom stereocenters. The van der Waals surface area contributed by atoms with Gasteiger partial charge in [-0.1, -0.05) is 24.3 Å². The molecule has 2 N–H and O–H groups in total. The molecule has 108 valence electrons. The van der Waals surface area contributed by atoms with E-state index in [0.717, 1.165) is 5.56 Å². The highest BCUT2D eigenvalue weighted by molar-refractivity contribution is 7.90. The Balaban J connectivity index is 2.93. The summed E-state index contributed by atoms with van der Waals surface area (Å²) in [6.45, 7) is 4.49. The van der Waals surface area contributed by atoms with E-state index in [1.165, 1.54) is 11.8 Å². The van der Waals surface area contributed by atoms with Crippen LogP contribution in [0, 0.1) is 6.92 Å². The summed E-state index contributed by atoms with van der Waals surface area (Å²) in [5, 5.41) is 0. The summed E-state index contributed by atoms with van der Waals surface area (Å²) in [5.41, 5.74) is 8.42. The molecule has 0 aliphatic heterocycles. The van der Waals surface area contributed by atoms with E-state index in [4.69, 9.17) is 5.73 Å². The molecule has 0 aromatic heterocycles. The van der Waals surface area contributed by atoms with Crippen LogP contribution in [-0.2, 0) is 9.84 Å². The third-order valence-electron chi connectivity index (χ3n) is 3.29. The Morgan fingerprint density at radius 3 is 2.37 bits per heavy atom.